The van der Waals surface area contributed by atoms with Gasteiger partial charge in [0.25, 0.3) is 0 Å². The average molecular weight is 122 g/mol. The lowest BCUT2D eigenvalue weighted by Gasteiger charge is -1.93. The van der Waals surface area contributed by atoms with Crippen molar-refractivity contribution in [3.8, 4) is 0 Å². The van der Waals surface area contributed by atoms with Gasteiger partial charge < -0.3 is 9.90 Å². The smallest absolute Gasteiger partial charge is 0.0666 e. The van der Waals surface area contributed by atoms with E-state index in [0.717, 1.165) is 0 Å². The molecule has 0 N–H and O–H groups in total. The Morgan fingerprint density at radius 1 is 1.71 bits per heavy atom. The molecule has 0 radical (unpaired) electrons. The van der Waals surface area contributed by atoms with E-state index in [1.54, 1.807) is 0 Å². The Hall–Kier alpha value is -0.500. The zero-order valence-electron chi connectivity index (χ0n) is 3.93. The Kier molecular flexibility index (Phi) is 5.11. The van der Waals surface area contributed by atoms with Crippen molar-refractivity contribution in [3.63, 3.8) is 0 Å². The number of hydrogen-bond donors (Lipinski definition) is 0. The van der Waals surface area contributed by atoms with Gasteiger partial charge in [0.15, 0.2) is 0 Å². The minimum absolute atomic E-state index is 0. The number of rotatable bonds is 1. The zero-order chi connectivity index (χ0) is 5.15. The van der Waals surface area contributed by atoms with E-state index in [9.17, 15) is 9.90 Å². The minimum atomic E-state index is -1.19. The van der Waals surface area contributed by atoms with E-state index in [2.05, 4.69) is 6.58 Å². The minimum Gasteiger partial charge on any atom is -0.545 e. The fourth-order valence-electron chi connectivity index (χ4n) is 0. The molecular weight excluding hydrogens is 115 g/mol. The maximum absolute atomic E-state index is 9.49. The summed E-state index contributed by atoms with van der Waals surface area (Å²) in [7, 11) is 0. The summed E-state index contributed by atoms with van der Waals surface area (Å²) in [5.41, 5.74) is 0.0648. The fourth-order valence-corrected chi connectivity index (χ4v) is 0. The van der Waals surface area contributed by atoms with Gasteiger partial charge in [-0.15, -0.1) is 12.4 Å². The number of hydrogen-bond acceptors (Lipinski definition) is 2. The molecule has 3 heteroatoms. The molecule has 42 valence electrons. The van der Waals surface area contributed by atoms with Crippen LogP contribution in [0.25, 0.3) is 0 Å². The van der Waals surface area contributed by atoms with E-state index in [-0.39, 0.29) is 18.0 Å². The van der Waals surface area contributed by atoms with Gasteiger partial charge in [-0.05, 0) is 12.5 Å². The maximum atomic E-state index is 9.49. The lowest BCUT2D eigenvalue weighted by atomic mass is 10.4. The van der Waals surface area contributed by atoms with Crippen LogP contribution in [0, 0.1) is 0 Å². The lowest BCUT2D eigenvalue weighted by Crippen LogP contribution is -2.22. The van der Waals surface area contributed by atoms with Crippen LogP contribution in [-0.4, -0.2) is 5.97 Å². The monoisotopic (exact) mass is 121 g/mol. The predicted octanol–water partition coefficient (Wildman–Crippen LogP) is -0.266. The third-order valence-electron chi connectivity index (χ3n) is 0.348. The first-order valence-electron chi connectivity index (χ1n) is 1.51. The van der Waals surface area contributed by atoms with Crippen molar-refractivity contribution in [1.29, 1.82) is 0 Å². The molecule has 0 amide bonds. The van der Waals surface area contributed by atoms with Gasteiger partial charge in [0.05, 0.1) is 5.97 Å². The Bertz CT molecular complexity index is 75.7. The Labute approximate surface area is 48.3 Å². The van der Waals surface area contributed by atoms with Crippen LogP contribution in [0.1, 0.15) is 6.92 Å². The second-order valence-electron chi connectivity index (χ2n) is 1.07. The summed E-state index contributed by atoms with van der Waals surface area (Å²) in [4.78, 5) is 9.49. The molecule has 2 nitrogen and oxygen atoms in total. The molecule has 0 unspecified atom stereocenters. The first-order valence-corrected chi connectivity index (χ1v) is 1.51. The maximum Gasteiger partial charge on any atom is 0.0666 e. The van der Waals surface area contributed by atoms with Crippen LogP contribution in [0.3, 0.4) is 0 Å². The van der Waals surface area contributed by atoms with Gasteiger partial charge in [-0.3, -0.25) is 0 Å². The molecule has 0 rings (SSSR count). The molecule has 0 aromatic heterocycles. The molecule has 0 aromatic carbocycles. The molecule has 0 fully saturated rings. The Morgan fingerprint density at radius 2 is 1.86 bits per heavy atom. The summed E-state index contributed by atoms with van der Waals surface area (Å²) in [5.74, 6) is -1.19. The topological polar surface area (TPSA) is 40.1 Å². The number of carboxylic acids is 1. The molecule has 0 aromatic rings. The van der Waals surface area contributed by atoms with Crippen LogP contribution in [0.15, 0.2) is 12.2 Å². The highest BCUT2D eigenvalue weighted by Gasteiger charge is 1.76. The summed E-state index contributed by atoms with van der Waals surface area (Å²) in [5, 5.41) is 9.49. The van der Waals surface area contributed by atoms with Crippen LogP contribution in [-0.2, 0) is 4.79 Å². The molecule has 7 heavy (non-hydrogen) atoms. The molecule has 0 atom stereocenters. The van der Waals surface area contributed by atoms with Crippen LogP contribution >= 0.6 is 12.4 Å². The van der Waals surface area contributed by atoms with Crippen LogP contribution in [0.5, 0.6) is 0 Å². The second kappa shape index (κ2) is 3.68. The second-order valence-corrected chi connectivity index (χ2v) is 1.07. The fraction of sp³-hybridized carbons (Fsp3) is 0.250. The summed E-state index contributed by atoms with van der Waals surface area (Å²) in [6, 6.07) is 0. The van der Waals surface area contributed by atoms with Crippen molar-refractivity contribution >= 4 is 18.4 Å². The van der Waals surface area contributed by atoms with E-state index in [1.807, 2.05) is 0 Å². The number of aliphatic carboxylic acids is 1. The summed E-state index contributed by atoms with van der Waals surface area (Å²) >= 11 is 0. The molecular formula is C4H6ClO2-. The van der Waals surface area contributed by atoms with Gasteiger partial charge in [0.2, 0.25) is 0 Å². The van der Waals surface area contributed by atoms with E-state index in [0.29, 0.717) is 0 Å². The van der Waals surface area contributed by atoms with E-state index in [4.69, 9.17) is 0 Å². The van der Waals surface area contributed by atoms with Crippen molar-refractivity contribution in [2.45, 2.75) is 6.92 Å². The average Bonchev–Trinajstić information content (AvgIpc) is 1.36. The SMILES string of the molecule is C=C(C)C(=O)[O-].Cl. The van der Waals surface area contributed by atoms with Crippen molar-refractivity contribution in [2.24, 2.45) is 0 Å². The number of carbonyl (C=O) groups excluding carboxylic acids is 1. The predicted molar refractivity (Wildman–Crippen MR) is 27.1 cm³/mol. The molecule has 0 aliphatic carbocycles. The normalized spacial score (nSPS) is 6.43. The van der Waals surface area contributed by atoms with Crippen molar-refractivity contribution in [1.82, 2.24) is 0 Å². The van der Waals surface area contributed by atoms with Gasteiger partial charge >= 0.3 is 0 Å². The largest absolute Gasteiger partial charge is 0.545 e. The standard InChI is InChI=1S/C4H6O2.ClH/c1-3(2)4(5)6;/h1H2,2H3,(H,5,6);1H/p-1. The Balaban J connectivity index is 0. The third kappa shape index (κ3) is 5.50. The van der Waals surface area contributed by atoms with E-state index >= 15 is 0 Å². The first-order chi connectivity index (χ1) is 2.64. The van der Waals surface area contributed by atoms with Crippen molar-refractivity contribution in [3.05, 3.63) is 12.2 Å². The molecule has 0 aliphatic rings. The van der Waals surface area contributed by atoms with Crippen LogP contribution in [0.4, 0.5) is 0 Å². The van der Waals surface area contributed by atoms with Gasteiger partial charge in [-0.1, -0.05) is 6.58 Å². The highest BCUT2D eigenvalue weighted by molar-refractivity contribution is 5.85. The number of carboxylic acid groups (broad SMARTS) is 1. The molecule has 0 bridgehead atoms. The van der Waals surface area contributed by atoms with Gasteiger partial charge in [-0.2, -0.15) is 0 Å². The highest BCUT2D eigenvalue weighted by atomic mass is 35.5. The van der Waals surface area contributed by atoms with Crippen LogP contribution in [0.2, 0.25) is 0 Å². The summed E-state index contributed by atoms with van der Waals surface area (Å²) < 4.78 is 0. The number of halogens is 1. The van der Waals surface area contributed by atoms with Gasteiger partial charge in [0.1, 0.15) is 0 Å². The highest BCUT2D eigenvalue weighted by Crippen LogP contribution is 1.77. The van der Waals surface area contributed by atoms with Gasteiger partial charge in [-0.25, -0.2) is 0 Å². The lowest BCUT2D eigenvalue weighted by molar-refractivity contribution is -0.299. The molecule has 0 spiro atoms. The molecule has 0 saturated carbocycles. The van der Waals surface area contributed by atoms with Crippen molar-refractivity contribution < 1.29 is 9.90 Å². The third-order valence-corrected chi connectivity index (χ3v) is 0.348. The molecule has 0 aliphatic heterocycles. The van der Waals surface area contributed by atoms with E-state index in [1.165, 1.54) is 6.92 Å². The molecule has 0 saturated heterocycles. The summed E-state index contributed by atoms with van der Waals surface area (Å²) in [6.45, 7) is 4.48. The summed E-state index contributed by atoms with van der Waals surface area (Å²) in [6.07, 6.45) is 0. The van der Waals surface area contributed by atoms with Crippen LogP contribution < -0.4 is 5.11 Å². The first kappa shape index (κ1) is 9.71. The molecule has 0 heterocycles. The zero-order valence-corrected chi connectivity index (χ0v) is 4.75. The Morgan fingerprint density at radius 3 is 1.86 bits per heavy atom. The van der Waals surface area contributed by atoms with Crippen molar-refractivity contribution in [2.75, 3.05) is 0 Å². The van der Waals surface area contributed by atoms with E-state index < -0.39 is 5.97 Å². The van der Waals surface area contributed by atoms with Gasteiger partial charge in [0, 0.05) is 0 Å². The quantitative estimate of drug-likeness (QED) is 0.449. The number of carbonyl (C=O) groups is 1.